The van der Waals surface area contributed by atoms with Crippen LogP contribution in [0, 0.1) is 6.92 Å². The van der Waals surface area contributed by atoms with Crippen molar-refractivity contribution in [1.82, 2.24) is 0 Å². The van der Waals surface area contributed by atoms with Crippen LogP contribution in [-0.4, -0.2) is 6.21 Å². The fourth-order valence-electron chi connectivity index (χ4n) is 2.27. The van der Waals surface area contributed by atoms with E-state index in [0.717, 1.165) is 33.1 Å². The van der Waals surface area contributed by atoms with Gasteiger partial charge in [-0.2, -0.15) is 0 Å². The van der Waals surface area contributed by atoms with Crippen molar-refractivity contribution in [2.45, 2.75) is 13.5 Å². The average molecular weight is 336 g/mol. The largest absolute Gasteiger partial charge is 0.489 e. The Labute approximate surface area is 147 Å². The molecule has 0 spiro atoms. The van der Waals surface area contributed by atoms with Crippen molar-refractivity contribution in [2.75, 3.05) is 0 Å². The van der Waals surface area contributed by atoms with Gasteiger partial charge in [0.2, 0.25) is 0 Å². The van der Waals surface area contributed by atoms with Gasteiger partial charge in [-0.15, -0.1) is 0 Å². The molecule has 0 fully saturated rings. The summed E-state index contributed by atoms with van der Waals surface area (Å²) in [7, 11) is 0. The Balaban J connectivity index is 1.64. The molecule has 0 aliphatic heterocycles. The molecular weight excluding hydrogens is 318 g/mol. The molecule has 0 bridgehead atoms. The Bertz CT molecular complexity index is 826. The van der Waals surface area contributed by atoms with Crippen molar-refractivity contribution in [2.24, 2.45) is 4.99 Å². The van der Waals surface area contributed by atoms with E-state index in [4.69, 9.17) is 16.3 Å². The number of aliphatic imine (C=N–C) groups is 1. The van der Waals surface area contributed by atoms with Crippen molar-refractivity contribution in [1.29, 1.82) is 0 Å². The summed E-state index contributed by atoms with van der Waals surface area (Å²) in [6.07, 6.45) is 1.83. The highest BCUT2D eigenvalue weighted by Crippen LogP contribution is 2.25. The first-order chi connectivity index (χ1) is 11.7. The van der Waals surface area contributed by atoms with Crippen molar-refractivity contribution in [3.05, 3.63) is 94.5 Å². The van der Waals surface area contributed by atoms with Gasteiger partial charge in [0.1, 0.15) is 12.4 Å². The molecular formula is C21H18ClNO. The van der Waals surface area contributed by atoms with Crippen LogP contribution >= 0.6 is 11.6 Å². The normalized spacial score (nSPS) is 10.9. The van der Waals surface area contributed by atoms with Crippen LogP contribution in [0.2, 0.25) is 5.02 Å². The Morgan fingerprint density at radius 3 is 2.42 bits per heavy atom. The van der Waals surface area contributed by atoms with E-state index in [1.54, 1.807) is 0 Å². The molecule has 0 unspecified atom stereocenters. The third-order valence-electron chi connectivity index (χ3n) is 3.72. The Morgan fingerprint density at radius 2 is 1.67 bits per heavy atom. The summed E-state index contributed by atoms with van der Waals surface area (Å²) in [5.41, 5.74) is 4.03. The van der Waals surface area contributed by atoms with Gasteiger partial charge in [0.25, 0.3) is 0 Å². The van der Waals surface area contributed by atoms with E-state index in [1.807, 2.05) is 85.9 Å². The molecule has 0 heterocycles. The number of nitrogens with zero attached hydrogens (tertiary/aromatic N) is 1. The fourth-order valence-corrected chi connectivity index (χ4v) is 2.44. The van der Waals surface area contributed by atoms with Crippen LogP contribution in [0.25, 0.3) is 0 Å². The minimum Gasteiger partial charge on any atom is -0.489 e. The van der Waals surface area contributed by atoms with Gasteiger partial charge in [-0.3, -0.25) is 4.99 Å². The Hall–Kier alpha value is -2.58. The Kier molecular flexibility index (Phi) is 5.29. The predicted octanol–water partition coefficient (Wildman–Crippen LogP) is 5.98. The molecule has 2 nitrogen and oxygen atoms in total. The number of benzene rings is 3. The quantitative estimate of drug-likeness (QED) is 0.526. The Morgan fingerprint density at radius 1 is 0.917 bits per heavy atom. The lowest BCUT2D eigenvalue weighted by Crippen LogP contribution is -1.95. The summed E-state index contributed by atoms with van der Waals surface area (Å²) in [6.45, 7) is 2.53. The first kappa shape index (κ1) is 16.3. The SMILES string of the molecule is Cc1c(Cl)cccc1N=Cc1ccc(OCc2ccccc2)cc1. The van der Waals surface area contributed by atoms with Gasteiger partial charge in [-0.05, 0) is 60.0 Å². The molecule has 0 aromatic heterocycles. The van der Waals surface area contributed by atoms with Gasteiger partial charge in [0, 0.05) is 11.2 Å². The number of rotatable bonds is 5. The molecule has 0 amide bonds. The van der Waals surface area contributed by atoms with Gasteiger partial charge in [0.05, 0.1) is 5.69 Å². The van der Waals surface area contributed by atoms with E-state index in [2.05, 4.69) is 4.99 Å². The second-order valence-electron chi connectivity index (χ2n) is 5.49. The average Bonchev–Trinajstić information content (AvgIpc) is 2.63. The molecule has 0 atom stereocenters. The van der Waals surface area contributed by atoms with Crippen LogP contribution in [0.1, 0.15) is 16.7 Å². The lowest BCUT2D eigenvalue weighted by atomic mass is 10.2. The molecule has 0 N–H and O–H groups in total. The second-order valence-corrected chi connectivity index (χ2v) is 5.89. The zero-order chi connectivity index (χ0) is 16.8. The maximum absolute atomic E-state index is 6.11. The minimum atomic E-state index is 0.565. The van der Waals surface area contributed by atoms with Gasteiger partial charge in [-0.1, -0.05) is 48.0 Å². The third-order valence-corrected chi connectivity index (χ3v) is 4.13. The topological polar surface area (TPSA) is 21.6 Å². The molecule has 120 valence electrons. The highest BCUT2D eigenvalue weighted by Gasteiger charge is 2.00. The van der Waals surface area contributed by atoms with Crippen LogP contribution in [0.5, 0.6) is 5.75 Å². The molecule has 0 radical (unpaired) electrons. The molecule has 0 saturated carbocycles. The highest BCUT2D eigenvalue weighted by molar-refractivity contribution is 6.31. The first-order valence-electron chi connectivity index (χ1n) is 7.78. The molecule has 3 rings (SSSR count). The van der Waals surface area contributed by atoms with E-state index in [1.165, 1.54) is 0 Å². The summed E-state index contributed by atoms with van der Waals surface area (Å²) in [5.74, 6) is 0.843. The zero-order valence-electron chi connectivity index (χ0n) is 13.4. The third kappa shape index (κ3) is 4.24. The van der Waals surface area contributed by atoms with E-state index in [0.29, 0.717) is 6.61 Å². The maximum atomic E-state index is 6.11. The number of hydrogen-bond acceptors (Lipinski definition) is 2. The van der Waals surface area contributed by atoms with Crippen LogP contribution in [0.15, 0.2) is 77.8 Å². The van der Waals surface area contributed by atoms with E-state index < -0.39 is 0 Å². The molecule has 24 heavy (non-hydrogen) atoms. The van der Waals surface area contributed by atoms with Gasteiger partial charge in [0.15, 0.2) is 0 Å². The van der Waals surface area contributed by atoms with Crippen LogP contribution in [0.4, 0.5) is 5.69 Å². The standard InChI is InChI=1S/C21H18ClNO/c1-16-20(22)8-5-9-21(16)23-14-17-10-12-19(13-11-17)24-15-18-6-3-2-4-7-18/h2-14H,15H2,1H3. The fraction of sp³-hybridized carbons (Fsp3) is 0.0952. The number of halogens is 1. The summed E-state index contributed by atoms with van der Waals surface area (Å²) in [6, 6.07) is 23.7. The molecule has 3 aromatic carbocycles. The first-order valence-corrected chi connectivity index (χ1v) is 8.16. The second kappa shape index (κ2) is 7.80. The predicted molar refractivity (Wildman–Crippen MR) is 101 cm³/mol. The van der Waals surface area contributed by atoms with Gasteiger partial charge >= 0.3 is 0 Å². The van der Waals surface area contributed by atoms with Crippen molar-refractivity contribution >= 4 is 23.5 Å². The molecule has 0 aliphatic rings. The van der Waals surface area contributed by atoms with Gasteiger partial charge in [-0.25, -0.2) is 0 Å². The molecule has 0 aliphatic carbocycles. The van der Waals surface area contributed by atoms with E-state index >= 15 is 0 Å². The highest BCUT2D eigenvalue weighted by atomic mass is 35.5. The van der Waals surface area contributed by atoms with Crippen LogP contribution in [0.3, 0.4) is 0 Å². The summed E-state index contributed by atoms with van der Waals surface area (Å²) in [4.78, 5) is 4.51. The zero-order valence-corrected chi connectivity index (χ0v) is 14.2. The smallest absolute Gasteiger partial charge is 0.119 e. The monoisotopic (exact) mass is 335 g/mol. The minimum absolute atomic E-state index is 0.565. The van der Waals surface area contributed by atoms with Crippen LogP contribution < -0.4 is 4.74 Å². The number of hydrogen-bond donors (Lipinski definition) is 0. The van der Waals surface area contributed by atoms with Crippen molar-refractivity contribution < 1.29 is 4.74 Å². The van der Waals surface area contributed by atoms with Crippen LogP contribution in [-0.2, 0) is 6.61 Å². The molecule has 0 saturated heterocycles. The summed E-state index contributed by atoms with van der Waals surface area (Å²) in [5, 5.41) is 0.731. The number of ether oxygens (including phenoxy) is 1. The van der Waals surface area contributed by atoms with Gasteiger partial charge < -0.3 is 4.74 Å². The van der Waals surface area contributed by atoms with E-state index in [9.17, 15) is 0 Å². The summed E-state index contributed by atoms with van der Waals surface area (Å²) < 4.78 is 5.78. The van der Waals surface area contributed by atoms with E-state index in [-0.39, 0.29) is 0 Å². The molecule has 3 heteroatoms. The van der Waals surface area contributed by atoms with Crippen molar-refractivity contribution in [3.63, 3.8) is 0 Å². The summed E-state index contributed by atoms with van der Waals surface area (Å²) >= 11 is 6.11. The molecule has 3 aromatic rings. The lowest BCUT2D eigenvalue weighted by molar-refractivity contribution is 0.306. The maximum Gasteiger partial charge on any atom is 0.119 e. The lowest BCUT2D eigenvalue weighted by Gasteiger charge is -2.06. The van der Waals surface area contributed by atoms with Crippen molar-refractivity contribution in [3.8, 4) is 5.75 Å².